The van der Waals surface area contributed by atoms with Gasteiger partial charge in [0, 0.05) is 43.6 Å². The zero-order valence-corrected chi connectivity index (χ0v) is 17.0. The molecule has 10 heteroatoms. The first kappa shape index (κ1) is 18.0. The summed E-state index contributed by atoms with van der Waals surface area (Å²) in [5, 5.41) is 12.4. The lowest BCUT2D eigenvalue weighted by atomic mass is 10.1. The summed E-state index contributed by atoms with van der Waals surface area (Å²) in [5.41, 5.74) is 2.24. The molecule has 4 heterocycles. The number of amides is 1. The second-order valence-electron chi connectivity index (χ2n) is 7.18. The van der Waals surface area contributed by atoms with Crippen LogP contribution >= 0.6 is 11.8 Å². The highest BCUT2D eigenvalue weighted by Crippen LogP contribution is 2.35. The number of hydrogen-bond donors (Lipinski definition) is 0. The van der Waals surface area contributed by atoms with E-state index >= 15 is 0 Å². The lowest BCUT2D eigenvalue weighted by molar-refractivity contribution is 0.0988. The van der Waals surface area contributed by atoms with Crippen molar-refractivity contribution in [3.8, 4) is 11.4 Å². The molecule has 3 aromatic rings. The molecule has 2 aliphatic rings. The van der Waals surface area contributed by atoms with E-state index in [1.54, 1.807) is 17.9 Å². The third kappa shape index (κ3) is 3.03. The topological polar surface area (TPSA) is 92.9 Å². The quantitative estimate of drug-likeness (QED) is 0.480. The van der Waals surface area contributed by atoms with Gasteiger partial charge in [0.15, 0.2) is 11.0 Å². The first-order valence-electron chi connectivity index (χ1n) is 9.48. The van der Waals surface area contributed by atoms with Gasteiger partial charge < -0.3 is 9.80 Å². The van der Waals surface area contributed by atoms with E-state index in [0.717, 1.165) is 36.5 Å². The third-order valence-corrected chi connectivity index (χ3v) is 6.05. The summed E-state index contributed by atoms with van der Waals surface area (Å²) in [4.78, 5) is 26.7. The van der Waals surface area contributed by atoms with E-state index in [-0.39, 0.29) is 11.9 Å². The SMILES string of the molecule is CSc1ncc2c(n1)N1CCCC1CN(c1cccc(-c3nnnn3C)c1)C2=O. The number of tetrazole rings is 1. The van der Waals surface area contributed by atoms with E-state index in [1.165, 1.54) is 11.8 Å². The Morgan fingerprint density at radius 1 is 1.28 bits per heavy atom. The number of carbonyl (C=O) groups is 1. The molecule has 1 atom stereocenters. The van der Waals surface area contributed by atoms with E-state index in [9.17, 15) is 4.79 Å². The minimum absolute atomic E-state index is 0.0738. The van der Waals surface area contributed by atoms with Crippen LogP contribution in [0.15, 0.2) is 35.6 Å². The van der Waals surface area contributed by atoms with Crippen molar-refractivity contribution in [1.82, 2.24) is 30.2 Å². The summed E-state index contributed by atoms with van der Waals surface area (Å²) in [6.45, 7) is 1.53. The molecule has 1 aromatic carbocycles. The minimum Gasteiger partial charge on any atom is -0.351 e. The molecular formula is C19H20N8OS. The van der Waals surface area contributed by atoms with Gasteiger partial charge in [-0.05, 0) is 41.7 Å². The largest absolute Gasteiger partial charge is 0.351 e. The molecule has 148 valence electrons. The molecular weight excluding hydrogens is 388 g/mol. The van der Waals surface area contributed by atoms with Gasteiger partial charge in [0.2, 0.25) is 0 Å². The van der Waals surface area contributed by atoms with Gasteiger partial charge in [-0.1, -0.05) is 23.9 Å². The van der Waals surface area contributed by atoms with Crippen LogP contribution in [0.3, 0.4) is 0 Å². The van der Waals surface area contributed by atoms with Crippen LogP contribution < -0.4 is 9.80 Å². The van der Waals surface area contributed by atoms with Gasteiger partial charge in [-0.25, -0.2) is 14.6 Å². The third-order valence-electron chi connectivity index (χ3n) is 5.48. The number of nitrogens with zero attached hydrogens (tertiary/aromatic N) is 8. The fourth-order valence-corrected chi connectivity index (χ4v) is 4.41. The monoisotopic (exact) mass is 408 g/mol. The van der Waals surface area contributed by atoms with Crippen molar-refractivity contribution in [2.24, 2.45) is 7.05 Å². The Kier molecular flexibility index (Phi) is 4.42. The molecule has 0 saturated carbocycles. The van der Waals surface area contributed by atoms with Crippen molar-refractivity contribution in [1.29, 1.82) is 0 Å². The van der Waals surface area contributed by atoms with Crippen LogP contribution in [0.5, 0.6) is 0 Å². The lowest BCUT2D eigenvalue weighted by Crippen LogP contribution is -2.39. The van der Waals surface area contributed by atoms with Crippen molar-refractivity contribution in [2.75, 3.05) is 29.1 Å². The van der Waals surface area contributed by atoms with Crippen LogP contribution in [0.25, 0.3) is 11.4 Å². The van der Waals surface area contributed by atoms with Crippen LogP contribution in [0.2, 0.25) is 0 Å². The molecule has 0 spiro atoms. The molecule has 1 fully saturated rings. The van der Waals surface area contributed by atoms with Gasteiger partial charge >= 0.3 is 0 Å². The molecule has 2 aromatic heterocycles. The van der Waals surface area contributed by atoms with Crippen LogP contribution in [0.1, 0.15) is 23.2 Å². The van der Waals surface area contributed by atoms with E-state index in [0.29, 0.717) is 23.1 Å². The number of rotatable bonds is 3. The van der Waals surface area contributed by atoms with Gasteiger partial charge in [0.05, 0.1) is 0 Å². The van der Waals surface area contributed by atoms with E-state index in [1.807, 2.05) is 35.4 Å². The molecule has 9 nitrogen and oxygen atoms in total. The first-order valence-corrected chi connectivity index (χ1v) is 10.7. The molecule has 0 aliphatic carbocycles. The average Bonchev–Trinajstić information content (AvgIpc) is 3.37. The van der Waals surface area contributed by atoms with Gasteiger partial charge in [-0.15, -0.1) is 5.10 Å². The summed E-state index contributed by atoms with van der Waals surface area (Å²) in [5.74, 6) is 1.34. The highest BCUT2D eigenvalue weighted by atomic mass is 32.2. The smallest absolute Gasteiger partial charge is 0.263 e. The van der Waals surface area contributed by atoms with Crippen LogP contribution in [0, 0.1) is 0 Å². The lowest BCUT2D eigenvalue weighted by Gasteiger charge is -2.27. The maximum absolute atomic E-state index is 13.5. The standard InChI is InChI=1S/C19H20N8OS/c1-25-16(22-23-24-25)12-5-3-6-13(9-12)27-11-14-7-4-8-26(14)17-15(18(27)28)10-20-19(21-17)29-2/h3,5-6,9-10,14H,4,7-8,11H2,1-2H3. The number of aromatic nitrogens is 6. The number of aryl methyl sites for hydroxylation is 1. The van der Waals surface area contributed by atoms with Crippen molar-refractivity contribution in [3.63, 3.8) is 0 Å². The highest BCUT2D eigenvalue weighted by molar-refractivity contribution is 7.98. The van der Waals surface area contributed by atoms with E-state index in [2.05, 4.69) is 30.4 Å². The fraction of sp³-hybridized carbons (Fsp3) is 0.368. The Morgan fingerprint density at radius 3 is 2.97 bits per heavy atom. The Bertz CT molecular complexity index is 1080. The Morgan fingerprint density at radius 2 is 2.17 bits per heavy atom. The first-order chi connectivity index (χ1) is 14.2. The molecule has 1 saturated heterocycles. The molecule has 29 heavy (non-hydrogen) atoms. The van der Waals surface area contributed by atoms with Gasteiger partial charge in [-0.3, -0.25) is 4.79 Å². The molecule has 0 bridgehead atoms. The van der Waals surface area contributed by atoms with Gasteiger partial charge in [0.25, 0.3) is 5.91 Å². The van der Waals surface area contributed by atoms with Crippen LogP contribution in [0.4, 0.5) is 11.5 Å². The van der Waals surface area contributed by atoms with Crippen molar-refractivity contribution >= 4 is 29.2 Å². The number of benzene rings is 1. The molecule has 0 radical (unpaired) electrons. The van der Waals surface area contributed by atoms with Crippen LogP contribution in [-0.4, -0.2) is 61.5 Å². The van der Waals surface area contributed by atoms with Crippen molar-refractivity contribution in [3.05, 3.63) is 36.0 Å². The zero-order chi connectivity index (χ0) is 20.0. The van der Waals surface area contributed by atoms with Crippen molar-refractivity contribution in [2.45, 2.75) is 24.0 Å². The molecule has 1 unspecified atom stereocenters. The molecule has 1 amide bonds. The Hall–Kier alpha value is -3.01. The average molecular weight is 408 g/mol. The van der Waals surface area contributed by atoms with Gasteiger partial charge in [-0.2, -0.15) is 0 Å². The summed E-state index contributed by atoms with van der Waals surface area (Å²) in [6.07, 6.45) is 5.74. The maximum atomic E-state index is 13.5. The zero-order valence-electron chi connectivity index (χ0n) is 16.2. The van der Waals surface area contributed by atoms with Gasteiger partial charge in [0.1, 0.15) is 11.4 Å². The maximum Gasteiger partial charge on any atom is 0.263 e. The normalized spacial score (nSPS) is 18.6. The summed E-state index contributed by atoms with van der Waals surface area (Å²) in [7, 11) is 1.80. The molecule has 2 aliphatic heterocycles. The molecule has 5 rings (SSSR count). The Balaban J connectivity index is 1.59. The van der Waals surface area contributed by atoms with E-state index < -0.39 is 0 Å². The Labute approximate surface area is 172 Å². The predicted octanol–water partition coefficient (Wildman–Crippen LogP) is 2.02. The van der Waals surface area contributed by atoms with Crippen molar-refractivity contribution < 1.29 is 4.79 Å². The van der Waals surface area contributed by atoms with Crippen LogP contribution in [-0.2, 0) is 7.05 Å². The number of carbonyl (C=O) groups excluding carboxylic acids is 1. The number of thioether (sulfide) groups is 1. The summed E-state index contributed by atoms with van der Waals surface area (Å²) >= 11 is 1.49. The number of fused-ring (bicyclic) bond motifs is 3. The van der Waals surface area contributed by atoms with E-state index in [4.69, 9.17) is 0 Å². The fourth-order valence-electron chi connectivity index (χ4n) is 4.08. The summed E-state index contributed by atoms with van der Waals surface area (Å²) < 4.78 is 1.62. The second kappa shape index (κ2) is 7.11. The summed E-state index contributed by atoms with van der Waals surface area (Å²) in [6, 6.07) is 8.03. The number of hydrogen-bond acceptors (Lipinski definition) is 8. The second-order valence-corrected chi connectivity index (χ2v) is 7.95. The minimum atomic E-state index is -0.0738. The highest BCUT2D eigenvalue weighted by Gasteiger charge is 2.37. The predicted molar refractivity (Wildman–Crippen MR) is 110 cm³/mol. The molecule has 0 N–H and O–H groups in total. The number of anilines is 2.